The Labute approximate surface area is 115 Å². The van der Waals surface area contributed by atoms with E-state index in [2.05, 4.69) is 29.2 Å². The molecule has 0 aromatic heterocycles. The van der Waals surface area contributed by atoms with Crippen LogP contribution in [0.15, 0.2) is 24.3 Å². The van der Waals surface area contributed by atoms with Crippen LogP contribution < -0.4 is 5.73 Å². The van der Waals surface area contributed by atoms with Gasteiger partial charge >= 0.3 is 0 Å². The highest BCUT2D eigenvalue weighted by atomic mass is 32.2. The Hall–Kier alpha value is -0.910. The highest BCUT2D eigenvalue weighted by molar-refractivity contribution is 7.91. The molecular weight excluding hydrogens is 260 g/mol. The lowest BCUT2D eigenvalue weighted by Gasteiger charge is -2.33. The van der Waals surface area contributed by atoms with Crippen molar-refractivity contribution in [2.24, 2.45) is 5.73 Å². The second-order valence-corrected chi connectivity index (χ2v) is 7.52. The largest absolute Gasteiger partial charge is 0.330 e. The minimum atomic E-state index is -2.83. The van der Waals surface area contributed by atoms with E-state index in [1.165, 1.54) is 11.1 Å². The Balaban J connectivity index is 1.97. The van der Waals surface area contributed by atoms with Crippen molar-refractivity contribution in [2.45, 2.75) is 25.9 Å². The zero-order valence-corrected chi connectivity index (χ0v) is 12.2. The number of hydrogen-bond donors (Lipinski definition) is 1. The second kappa shape index (κ2) is 6.03. The first-order valence-electron chi connectivity index (χ1n) is 6.72. The summed E-state index contributed by atoms with van der Waals surface area (Å²) in [6.45, 7) is 4.10. The second-order valence-electron chi connectivity index (χ2n) is 5.29. The van der Waals surface area contributed by atoms with Gasteiger partial charge in [0.25, 0.3) is 0 Å². The lowest BCUT2D eigenvalue weighted by molar-refractivity contribution is 0.218. The molecule has 1 unspecified atom stereocenters. The highest BCUT2D eigenvalue weighted by Gasteiger charge is 2.27. The number of nitrogens with zero attached hydrogens (tertiary/aromatic N) is 1. The van der Waals surface area contributed by atoms with Gasteiger partial charge in [0.15, 0.2) is 9.84 Å². The Kier molecular flexibility index (Phi) is 4.60. The summed E-state index contributed by atoms with van der Waals surface area (Å²) < 4.78 is 23.1. The third kappa shape index (κ3) is 4.03. The monoisotopic (exact) mass is 282 g/mol. The summed E-state index contributed by atoms with van der Waals surface area (Å²) >= 11 is 0. The van der Waals surface area contributed by atoms with Gasteiger partial charge in [0, 0.05) is 19.1 Å². The van der Waals surface area contributed by atoms with Crippen LogP contribution in [0.5, 0.6) is 0 Å². The van der Waals surface area contributed by atoms with Crippen molar-refractivity contribution < 1.29 is 8.42 Å². The van der Waals surface area contributed by atoms with Crippen molar-refractivity contribution in [1.82, 2.24) is 4.90 Å². The fourth-order valence-corrected chi connectivity index (χ4v) is 4.11. The van der Waals surface area contributed by atoms with Crippen molar-refractivity contribution in [3.8, 4) is 0 Å². The number of nitrogens with two attached hydrogens (primary N) is 1. The summed E-state index contributed by atoms with van der Waals surface area (Å²) in [7, 11) is -2.83. The van der Waals surface area contributed by atoms with Gasteiger partial charge in [-0.15, -0.1) is 0 Å². The van der Waals surface area contributed by atoms with Crippen LogP contribution in [0.4, 0.5) is 0 Å². The van der Waals surface area contributed by atoms with Gasteiger partial charge in [0.05, 0.1) is 11.5 Å². The molecule has 0 radical (unpaired) electrons. The number of hydrogen-bond acceptors (Lipinski definition) is 4. The van der Waals surface area contributed by atoms with Crippen LogP contribution in [0.25, 0.3) is 0 Å². The SMILES string of the molecule is CC1CS(=O)(=O)CCN1Cc1ccc(CCN)cc1. The average molecular weight is 282 g/mol. The molecule has 0 saturated carbocycles. The van der Waals surface area contributed by atoms with E-state index in [4.69, 9.17) is 5.73 Å². The molecule has 1 saturated heterocycles. The zero-order valence-electron chi connectivity index (χ0n) is 11.4. The molecule has 19 heavy (non-hydrogen) atoms. The fraction of sp³-hybridized carbons (Fsp3) is 0.571. The van der Waals surface area contributed by atoms with E-state index in [-0.39, 0.29) is 17.5 Å². The first-order chi connectivity index (χ1) is 9.00. The Morgan fingerprint density at radius 2 is 1.89 bits per heavy atom. The Morgan fingerprint density at radius 1 is 1.26 bits per heavy atom. The summed E-state index contributed by atoms with van der Waals surface area (Å²) in [5, 5.41) is 0. The quantitative estimate of drug-likeness (QED) is 0.887. The van der Waals surface area contributed by atoms with Gasteiger partial charge in [0.2, 0.25) is 0 Å². The molecule has 0 spiro atoms. The summed E-state index contributed by atoms with van der Waals surface area (Å²) in [5.41, 5.74) is 8.01. The number of rotatable bonds is 4. The van der Waals surface area contributed by atoms with Crippen molar-refractivity contribution in [2.75, 3.05) is 24.6 Å². The van der Waals surface area contributed by atoms with Gasteiger partial charge in [0.1, 0.15) is 0 Å². The molecule has 1 heterocycles. The molecule has 5 heteroatoms. The van der Waals surface area contributed by atoms with Crippen LogP contribution in [-0.2, 0) is 22.8 Å². The van der Waals surface area contributed by atoms with Crippen LogP contribution >= 0.6 is 0 Å². The summed E-state index contributed by atoms with van der Waals surface area (Å²) in [4.78, 5) is 2.24. The third-order valence-corrected chi connectivity index (χ3v) is 5.44. The van der Waals surface area contributed by atoms with E-state index in [0.717, 1.165) is 13.0 Å². The van der Waals surface area contributed by atoms with Gasteiger partial charge in [-0.25, -0.2) is 8.42 Å². The fourth-order valence-electron chi connectivity index (χ4n) is 2.48. The van der Waals surface area contributed by atoms with E-state index in [9.17, 15) is 8.42 Å². The van der Waals surface area contributed by atoms with E-state index in [0.29, 0.717) is 13.1 Å². The topological polar surface area (TPSA) is 63.4 Å². The molecule has 1 aromatic carbocycles. The molecule has 4 nitrogen and oxygen atoms in total. The number of benzene rings is 1. The summed E-state index contributed by atoms with van der Waals surface area (Å²) in [5.74, 6) is 0.556. The summed E-state index contributed by atoms with van der Waals surface area (Å²) in [6, 6.07) is 8.53. The smallest absolute Gasteiger partial charge is 0.153 e. The normalized spacial score (nSPS) is 23.4. The minimum Gasteiger partial charge on any atom is -0.330 e. The molecule has 1 atom stereocenters. The molecule has 1 aliphatic heterocycles. The molecule has 106 valence electrons. The lowest BCUT2D eigenvalue weighted by atomic mass is 10.1. The Morgan fingerprint density at radius 3 is 2.47 bits per heavy atom. The third-order valence-electron chi connectivity index (χ3n) is 3.65. The molecule has 1 aliphatic rings. The molecule has 0 bridgehead atoms. The van der Waals surface area contributed by atoms with E-state index >= 15 is 0 Å². The maximum atomic E-state index is 11.5. The van der Waals surface area contributed by atoms with Crippen molar-refractivity contribution in [3.05, 3.63) is 35.4 Å². The molecule has 2 rings (SSSR count). The van der Waals surface area contributed by atoms with Crippen LogP contribution in [0, 0.1) is 0 Å². The maximum Gasteiger partial charge on any atom is 0.153 e. The predicted octanol–water partition coefficient (Wildman–Crippen LogP) is 0.807. The number of sulfone groups is 1. The predicted molar refractivity (Wildman–Crippen MR) is 77.7 cm³/mol. The van der Waals surface area contributed by atoms with E-state index in [1.54, 1.807) is 0 Å². The molecule has 0 amide bonds. The molecule has 2 N–H and O–H groups in total. The van der Waals surface area contributed by atoms with Gasteiger partial charge in [-0.1, -0.05) is 24.3 Å². The average Bonchev–Trinajstić information content (AvgIpc) is 2.35. The van der Waals surface area contributed by atoms with Gasteiger partial charge in [-0.05, 0) is 31.0 Å². The van der Waals surface area contributed by atoms with E-state index < -0.39 is 9.84 Å². The molecule has 0 aliphatic carbocycles. The summed E-state index contributed by atoms with van der Waals surface area (Å²) in [6.07, 6.45) is 0.901. The lowest BCUT2D eigenvalue weighted by Crippen LogP contribution is -2.46. The maximum absolute atomic E-state index is 11.5. The van der Waals surface area contributed by atoms with E-state index in [1.807, 2.05) is 6.92 Å². The van der Waals surface area contributed by atoms with Crippen molar-refractivity contribution in [3.63, 3.8) is 0 Å². The van der Waals surface area contributed by atoms with Crippen LogP contribution in [-0.4, -0.2) is 44.0 Å². The highest BCUT2D eigenvalue weighted by Crippen LogP contribution is 2.15. The molecular formula is C14H22N2O2S. The van der Waals surface area contributed by atoms with Gasteiger partial charge in [-0.3, -0.25) is 4.90 Å². The van der Waals surface area contributed by atoms with Crippen molar-refractivity contribution in [1.29, 1.82) is 0 Å². The van der Waals surface area contributed by atoms with Crippen LogP contribution in [0.2, 0.25) is 0 Å². The first kappa shape index (κ1) is 14.5. The minimum absolute atomic E-state index is 0.0995. The van der Waals surface area contributed by atoms with Gasteiger partial charge in [-0.2, -0.15) is 0 Å². The van der Waals surface area contributed by atoms with Crippen LogP contribution in [0.1, 0.15) is 18.1 Å². The molecule has 1 fully saturated rings. The Bertz CT molecular complexity index is 511. The molecule has 1 aromatic rings. The van der Waals surface area contributed by atoms with Gasteiger partial charge < -0.3 is 5.73 Å². The van der Waals surface area contributed by atoms with Crippen LogP contribution in [0.3, 0.4) is 0 Å². The standard InChI is InChI=1S/C14H22N2O2S/c1-12-11-19(17,18)9-8-16(12)10-14-4-2-13(3-5-14)6-7-15/h2-5,12H,6-11,15H2,1H3. The van der Waals surface area contributed by atoms with Crippen molar-refractivity contribution >= 4 is 9.84 Å². The zero-order chi connectivity index (χ0) is 13.9. The first-order valence-corrected chi connectivity index (χ1v) is 8.55.